The molecule has 2 amide bonds. The first-order chi connectivity index (χ1) is 21.3. The van der Waals surface area contributed by atoms with Crippen LogP contribution in [-0.2, 0) is 11.2 Å². The maximum absolute atomic E-state index is 15.0. The van der Waals surface area contributed by atoms with Gasteiger partial charge in [0.2, 0.25) is 11.9 Å². The lowest BCUT2D eigenvalue weighted by atomic mass is 10.00. The van der Waals surface area contributed by atoms with Crippen LogP contribution in [-0.4, -0.2) is 58.8 Å². The van der Waals surface area contributed by atoms with Gasteiger partial charge in [-0.3, -0.25) is 24.2 Å². The molecule has 1 saturated carbocycles. The summed E-state index contributed by atoms with van der Waals surface area (Å²) in [6.07, 6.45) is 5.04. The van der Waals surface area contributed by atoms with Crippen LogP contribution in [0.25, 0.3) is 11.3 Å². The molecule has 4 heterocycles. The first-order valence-electron chi connectivity index (χ1n) is 14.1. The molecule has 2 N–H and O–H groups in total. The van der Waals surface area contributed by atoms with Gasteiger partial charge in [0.25, 0.3) is 12.3 Å². The summed E-state index contributed by atoms with van der Waals surface area (Å²) in [5.74, 6) is -0.997. The van der Waals surface area contributed by atoms with Gasteiger partial charge in [0, 0.05) is 54.2 Å². The summed E-state index contributed by atoms with van der Waals surface area (Å²) in [5, 5.41) is 17.0. The fourth-order valence-corrected chi connectivity index (χ4v) is 5.52. The van der Waals surface area contributed by atoms with Crippen LogP contribution in [0.15, 0.2) is 43.1 Å². The van der Waals surface area contributed by atoms with Crippen molar-refractivity contribution in [3.8, 4) is 11.3 Å². The highest BCUT2D eigenvalue weighted by atomic mass is 35.5. The molecule has 2 fully saturated rings. The van der Waals surface area contributed by atoms with E-state index in [1.165, 1.54) is 20.0 Å². The zero-order valence-corrected chi connectivity index (χ0v) is 25.1. The van der Waals surface area contributed by atoms with E-state index in [0.29, 0.717) is 24.0 Å². The van der Waals surface area contributed by atoms with Gasteiger partial charge < -0.3 is 10.4 Å². The van der Waals surface area contributed by atoms with E-state index in [2.05, 4.69) is 30.4 Å². The maximum Gasteiger partial charge on any atom is 0.276 e. The summed E-state index contributed by atoms with van der Waals surface area (Å²) in [6.45, 7) is 5.49. The number of aliphatic hydroxyl groups is 1. The van der Waals surface area contributed by atoms with Crippen molar-refractivity contribution in [2.45, 2.75) is 51.7 Å². The fourth-order valence-electron chi connectivity index (χ4n) is 5.36. The lowest BCUT2D eigenvalue weighted by molar-refractivity contribution is -0.118. The summed E-state index contributed by atoms with van der Waals surface area (Å²) in [7, 11) is 0. The second-order valence-electron chi connectivity index (χ2n) is 11.9. The molecular formula is C30H28ClF3N8O3. The van der Waals surface area contributed by atoms with Gasteiger partial charge in [0.05, 0.1) is 46.1 Å². The lowest BCUT2D eigenvalue weighted by Crippen LogP contribution is -2.29. The molecule has 1 aliphatic carbocycles. The highest BCUT2D eigenvalue weighted by Crippen LogP contribution is 2.46. The predicted molar refractivity (Wildman–Crippen MR) is 157 cm³/mol. The summed E-state index contributed by atoms with van der Waals surface area (Å²) in [5.41, 5.74) is -2.12. The number of fused-ring (bicyclic) bond motifs is 1. The molecule has 0 radical (unpaired) electrons. The number of piperidine rings is 1. The van der Waals surface area contributed by atoms with Crippen LogP contribution in [0.3, 0.4) is 0 Å². The second-order valence-corrected chi connectivity index (χ2v) is 12.3. The molecule has 15 heteroatoms. The Bertz CT molecular complexity index is 1790. The van der Waals surface area contributed by atoms with E-state index < -0.39 is 39.9 Å². The minimum Gasteiger partial charge on any atom is -0.390 e. The van der Waals surface area contributed by atoms with Crippen molar-refractivity contribution < 1.29 is 27.9 Å². The van der Waals surface area contributed by atoms with Crippen molar-refractivity contribution in [2.24, 2.45) is 11.8 Å². The van der Waals surface area contributed by atoms with Gasteiger partial charge in [-0.2, -0.15) is 5.10 Å². The first-order valence-corrected chi connectivity index (χ1v) is 14.5. The van der Waals surface area contributed by atoms with Crippen LogP contribution in [0, 0.1) is 17.7 Å². The molecular weight excluding hydrogens is 613 g/mol. The molecule has 11 nitrogen and oxygen atoms in total. The highest BCUT2D eigenvalue weighted by Gasteiger charge is 2.53. The number of benzene rings is 1. The number of rotatable bonds is 9. The summed E-state index contributed by atoms with van der Waals surface area (Å²) in [6, 6.07) is 1.65. The molecule has 0 bridgehead atoms. The van der Waals surface area contributed by atoms with Gasteiger partial charge in [-0.05, 0) is 39.2 Å². The average molecular weight is 641 g/mol. The minimum absolute atomic E-state index is 0.0568. The van der Waals surface area contributed by atoms with Crippen molar-refractivity contribution in [2.75, 3.05) is 16.8 Å². The van der Waals surface area contributed by atoms with E-state index >= 15 is 4.39 Å². The number of hydrogen-bond acceptors (Lipinski definition) is 8. The van der Waals surface area contributed by atoms with Crippen LogP contribution in [0.4, 0.5) is 24.8 Å². The number of aromatic nitrogens is 6. The molecule has 234 valence electrons. The molecule has 3 aromatic heterocycles. The van der Waals surface area contributed by atoms with Gasteiger partial charge in [0.15, 0.2) is 11.5 Å². The third-order valence-corrected chi connectivity index (χ3v) is 8.13. The van der Waals surface area contributed by atoms with Crippen LogP contribution in [0.2, 0.25) is 5.02 Å². The van der Waals surface area contributed by atoms with Crippen LogP contribution in [0.5, 0.6) is 0 Å². The van der Waals surface area contributed by atoms with Gasteiger partial charge in [-0.1, -0.05) is 17.7 Å². The van der Waals surface area contributed by atoms with Gasteiger partial charge >= 0.3 is 0 Å². The largest absolute Gasteiger partial charge is 0.390 e. The third kappa shape index (κ3) is 6.12. The molecule has 1 aromatic carbocycles. The van der Waals surface area contributed by atoms with Crippen LogP contribution < -0.4 is 10.2 Å². The van der Waals surface area contributed by atoms with E-state index in [0.717, 1.165) is 24.8 Å². The normalized spacial score (nSPS) is 18.3. The predicted octanol–water partition coefficient (Wildman–Crippen LogP) is 5.02. The molecule has 45 heavy (non-hydrogen) atoms. The number of nitrogens with zero attached hydrogens (tertiary/aromatic N) is 7. The number of carbonyl (C=O) groups excluding carboxylic acids is 2. The van der Waals surface area contributed by atoms with Crippen molar-refractivity contribution in [1.82, 2.24) is 29.7 Å². The molecule has 6 rings (SSSR count). The zero-order chi connectivity index (χ0) is 32.2. The van der Waals surface area contributed by atoms with E-state index in [9.17, 15) is 23.5 Å². The number of nitrogens with one attached hydrogen (secondary N) is 1. The standard InChI is InChI=1S/C30H28ClF3N8O3/c1-14(16-8-36-29(37-9-16)41-12-15-6-19(15)28(41)44)42-13-17(10-38-42)39-27(43)25-21(7-30(2,3)45)35-11-22(40-25)23-18(26(33)34)4-5-20(31)24(23)32/h4-5,8-11,13-15,19,26,45H,6-7,12H2,1-3H3,(H,39,43)/t14-,15+,19+/m0/s1. The molecule has 2 aliphatic rings. The average Bonchev–Trinajstić information content (AvgIpc) is 3.49. The van der Waals surface area contributed by atoms with Crippen molar-refractivity contribution in [1.29, 1.82) is 0 Å². The van der Waals surface area contributed by atoms with E-state index in [-0.39, 0.29) is 47.1 Å². The quantitative estimate of drug-likeness (QED) is 0.260. The van der Waals surface area contributed by atoms with E-state index in [1.54, 1.807) is 28.2 Å². The monoisotopic (exact) mass is 640 g/mol. The Labute approximate surface area is 260 Å². The Morgan fingerprint density at radius 1 is 1.18 bits per heavy atom. The van der Waals surface area contributed by atoms with Crippen LogP contribution >= 0.6 is 11.6 Å². The highest BCUT2D eigenvalue weighted by molar-refractivity contribution is 6.31. The summed E-state index contributed by atoms with van der Waals surface area (Å²) < 4.78 is 44.1. The summed E-state index contributed by atoms with van der Waals surface area (Å²) >= 11 is 5.88. The molecule has 1 aliphatic heterocycles. The first kappa shape index (κ1) is 30.6. The molecule has 4 aromatic rings. The number of halogens is 4. The molecule has 1 saturated heterocycles. The second kappa shape index (κ2) is 11.5. The number of alkyl halides is 2. The van der Waals surface area contributed by atoms with Crippen molar-refractivity contribution in [3.63, 3.8) is 0 Å². The van der Waals surface area contributed by atoms with Gasteiger partial charge in [-0.25, -0.2) is 28.1 Å². The number of amides is 2. The Hall–Kier alpha value is -4.43. The van der Waals surface area contributed by atoms with E-state index in [4.69, 9.17) is 11.6 Å². The number of hydrogen-bond donors (Lipinski definition) is 2. The van der Waals surface area contributed by atoms with Gasteiger partial charge in [0.1, 0.15) is 0 Å². The Morgan fingerprint density at radius 3 is 2.56 bits per heavy atom. The Kier molecular flexibility index (Phi) is 7.81. The Balaban J connectivity index is 1.24. The topological polar surface area (TPSA) is 139 Å². The zero-order valence-electron chi connectivity index (χ0n) is 24.4. The fraction of sp³-hybridized carbons (Fsp3) is 0.367. The number of anilines is 2. The third-order valence-electron chi connectivity index (χ3n) is 7.84. The van der Waals surface area contributed by atoms with E-state index in [1.807, 2.05) is 6.92 Å². The molecule has 0 unspecified atom stereocenters. The van der Waals surface area contributed by atoms with Gasteiger partial charge in [-0.15, -0.1) is 0 Å². The smallest absolute Gasteiger partial charge is 0.276 e. The number of carbonyl (C=O) groups is 2. The summed E-state index contributed by atoms with van der Waals surface area (Å²) in [4.78, 5) is 44.6. The Morgan fingerprint density at radius 2 is 1.91 bits per heavy atom. The van der Waals surface area contributed by atoms with Crippen LogP contribution in [0.1, 0.15) is 67.0 Å². The molecule has 0 spiro atoms. The van der Waals surface area contributed by atoms with Crippen molar-refractivity contribution >= 4 is 35.1 Å². The van der Waals surface area contributed by atoms with Crippen molar-refractivity contribution in [3.05, 3.63) is 76.5 Å². The minimum atomic E-state index is -3.05. The lowest BCUT2D eigenvalue weighted by Gasteiger charge is -2.19. The maximum atomic E-state index is 15.0. The molecule has 3 atom stereocenters. The SMILES string of the molecule is C[C@@H](c1cnc(N2C[C@H]3C[C@H]3C2=O)nc1)n1cc(NC(=O)c2nc(-c3c(C(F)F)ccc(Cl)c3F)cnc2CC(C)(C)O)cn1.